The topological polar surface area (TPSA) is 118 Å². The first kappa shape index (κ1) is 33.4. The van der Waals surface area contributed by atoms with Crippen molar-refractivity contribution in [1.82, 2.24) is 19.7 Å². The van der Waals surface area contributed by atoms with E-state index in [4.69, 9.17) is 23.2 Å². The molecule has 0 spiro atoms. The van der Waals surface area contributed by atoms with E-state index < -0.39 is 28.2 Å². The zero-order valence-electron chi connectivity index (χ0n) is 25.1. The Kier molecular flexibility index (Phi) is 10.4. The van der Waals surface area contributed by atoms with Crippen LogP contribution in [0.3, 0.4) is 0 Å². The fraction of sp³-hybridized carbons (Fsp3) is 0.367. The summed E-state index contributed by atoms with van der Waals surface area (Å²) in [6.45, 7) is 6.69. The average molecular weight is 666 g/mol. The number of pyridine rings is 1. The van der Waals surface area contributed by atoms with Crippen LogP contribution in [0.5, 0.6) is 0 Å². The number of nitrogens with zero attached hydrogens (tertiary/aromatic N) is 5. The first-order valence-electron chi connectivity index (χ1n) is 13.9. The Bertz CT molecular complexity index is 1690. The Labute approximate surface area is 267 Å². The zero-order valence-corrected chi connectivity index (χ0v) is 27.4. The van der Waals surface area contributed by atoms with Crippen molar-refractivity contribution in [3.63, 3.8) is 0 Å². The number of piperazine rings is 1. The van der Waals surface area contributed by atoms with Gasteiger partial charge in [-0.2, -0.15) is 8.42 Å². The monoisotopic (exact) mass is 664 g/mol. The van der Waals surface area contributed by atoms with E-state index in [1.165, 1.54) is 29.2 Å². The third-order valence-corrected chi connectivity index (χ3v) is 8.62. The Hall–Kier alpha value is -3.45. The average Bonchev–Trinajstić information content (AvgIpc) is 2.93. The molecule has 1 fully saturated rings. The number of nitrogens with one attached hydrogen (secondary N) is 1. The van der Waals surface area contributed by atoms with Gasteiger partial charge in [0.1, 0.15) is 11.0 Å². The first-order valence-corrected chi connectivity index (χ1v) is 16.1. The quantitative estimate of drug-likeness (QED) is 0.168. The number of aromatic nitrogens is 1. The van der Waals surface area contributed by atoms with Crippen LogP contribution in [0.4, 0.5) is 14.9 Å². The molecule has 2 heterocycles. The molecule has 0 aliphatic carbocycles. The minimum Gasteiger partial charge on any atom is -0.465 e. The summed E-state index contributed by atoms with van der Waals surface area (Å²) in [6, 6.07) is 12.4. The molecule has 0 unspecified atom stereocenters. The van der Waals surface area contributed by atoms with Crippen LogP contribution < -0.4 is 4.72 Å². The first-order chi connectivity index (χ1) is 20.7. The minimum absolute atomic E-state index is 0.00533. The van der Waals surface area contributed by atoms with Gasteiger partial charge < -0.3 is 19.8 Å². The van der Waals surface area contributed by atoms with E-state index >= 15 is 0 Å². The Morgan fingerprint density at radius 3 is 2.50 bits per heavy atom. The molecule has 2 N–H and O–H groups in total. The maximum atomic E-state index is 14.6. The predicted molar refractivity (Wildman–Crippen MR) is 172 cm³/mol. The molecule has 2 aromatic carbocycles. The maximum absolute atomic E-state index is 14.6. The zero-order chi connectivity index (χ0) is 32.3. The lowest BCUT2D eigenvalue weighted by Crippen LogP contribution is -2.55. The summed E-state index contributed by atoms with van der Waals surface area (Å²) in [4.78, 5) is 20.9. The molecule has 0 saturated carbocycles. The molecule has 1 aliphatic heterocycles. The molecule has 1 atom stereocenters. The number of amidine groups is 1. The smallest absolute Gasteiger partial charge is 0.407 e. The third-order valence-electron chi connectivity index (χ3n) is 7.15. The van der Waals surface area contributed by atoms with Crippen LogP contribution in [0.15, 0.2) is 52.9 Å². The van der Waals surface area contributed by atoms with Crippen LogP contribution in [0.25, 0.3) is 11.3 Å². The van der Waals surface area contributed by atoms with Crippen molar-refractivity contribution in [2.24, 2.45) is 4.40 Å². The van der Waals surface area contributed by atoms with E-state index in [1.54, 1.807) is 24.0 Å². The largest absolute Gasteiger partial charge is 0.465 e. The van der Waals surface area contributed by atoms with Crippen LogP contribution in [-0.2, 0) is 16.8 Å². The van der Waals surface area contributed by atoms with Gasteiger partial charge in [0.05, 0.1) is 22.0 Å². The van der Waals surface area contributed by atoms with Gasteiger partial charge in [-0.1, -0.05) is 61.3 Å². The highest BCUT2D eigenvalue weighted by molar-refractivity contribution is 7.91. The fourth-order valence-electron chi connectivity index (χ4n) is 5.09. The number of hydrogen-bond acceptors (Lipinski definition) is 5. The molecule has 1 amide bonds. The Balaban J connectivity index is 1.81. The molecular formula is C30H35Cl2FN6O4S. The predicted octanol–water partition coefficient (Wildman–Crippen LogP) is 6.17. The van der Waals surface area contributed by atoms with Crippen molar-refractivity contribution >= 4 is 51.0 Å². The molecule has 4 rings (SSSR count). The van der Waals surface area contributed by atoms with E-state index in [-0.39, 0.29) is 58.4 Å². The van der Waals surface area contributed by atoms with Gasteiger partial charge in [0, 0.05) is 37.8 Å². The highest BCUT2D eigenvalue weighted by Gasteiger charge is 2.32. The number of hydrogen-bond donors (Lipinski definition) is 2. The van der Waals surface area contributed by atoms with Gasteiger partial charge in [0.25, 0.3) is 0 Å². The van der Waals surface area contributed by atoms with E-state index in [1.807, 2.05) is 45.0 Å². The summed E-state index contributed by atoms with van der Waals surface area (Å²) in [5.41, 5.74) is 2.52. The molecule has 1 aromatic heterocycles. The lowest BCUT2D eigenvalue weighted by atomic mass is 9.99. The van der Waals surface area contributed by atoms with Crippen LogP contribution in [0.1, 0.15) is 43.4 Å². The summed E-state index contributed by atoms with van der Waals surface area (Å²) in [5.74, 6) is -0.613. The second kappa shape index (κ2) is 13.7. The lowest BCUT2D eigenvalue weighted by molar-refractivity contribution is 0.106. The van der Waals surface area contributed by atoms with Gasteiger partial charge in [-0.15, -0.1) is 4.40 Å². The number of benzene rings is 2. The summed E-state index contributed by atoms with van der Waals surface area (Å²) in [6.07, 6.45) is -1.08. The molecule has 14 heteroatoms. The van der Waals surface area contributed by atoms with Crippen molar-refractivity contribution in [2.45, 2.75) is 39.3 Å². The number of halogens is 3. The number of carboxylic acid groups (broad SMARTS) is 1. The summed E-state index contributed by atoms with van der Waals surface area (Å²) in [5, 5.41) is 9.40. The molecule has 3 aromatic rings. The van der Waals surface area contributed by atoms with Gasteiger partial charge in [0.15, 0.2) is 5.84 Å². The Morgan fingerprint density at radius 1 is 1.18 bits per heavy atom. The standard InChI is InChI=1S/C30H35Cl2FN6O4S/c1-18(2)22-14-20(17-37(4)5)10-11-26(22)35-44(42,43)36-29(39-13-12-38(30(40)41)16-19(39)3)23-15-24(31)27(34-28(23)32)21-8-6-7-9-25(21)33/h6-11,14-15,18-19,35H,12-13,16-17H2,1-5H3,(H,40,41)/b36-29+/t19-/m0/s1. The van der Waals surface area contributed by atoms with Crippen LogP contribution >= 0.6 is 23.2 Å². The highest BCUT2D eigenvalue weighted by Crippen LogP contribution is 2.33. The highest BCUT2D eigenvalue weighted by atomic mass is 35.5. The van der Waals surface area contributed by atoms with Crippen molar-refractivity contribution in [2.75, 3.05) is 38.5 Å². The molecule has 0 radical (unpaired) electrons. The van der Waals surface area contributed by atoms with Crippen molar-refractivity contribution in [3.8, 4) is 11.3 Å². The van der Waals surface area contributed by atoms with Crippen molar-refractivity contribution in [1.29, 1.82) is 0 Å². The third kappa shape index (κ3) is 7.79. The van der Waals surface area contributed by atoms with Gasteiger partial charge in [0.2, 0.25) is 0 Å². The SMILES string of the molecule is CC(C)c1cc(CN(C)C)ccc1NS(=O)(=O)/N=C(\c1cc(Cl)c(-c2ccccc2F)nc1Cl)N1CCN(C(=O)O)C[C@@H]1C. The van der Waals surface area contributed by atoms with Crippen molar-refractivity contribution < 1.29 is 22.7 Å². The van der Waals surface area contributed by atoms with Gasteiger partial charge >= 0.3 is 16.3 Å². The number of anilines is 1. The second-order valence-corrected chi connectivity index (χ2v) is 13.3. The number of rotatable bonds is 8. The molecule has 10 nitrogen and oxygen atoms in total. The van der Waals surface area contributed by atoms with E-state index in [2.05, 4.69) is 14.1 Å². The molecule has 1 saturated heterocycles. The number of carbonyl (C=O) groups is 1. The van der Waals surface area contributed by atoms with Crippen LogP contribution in [-0.4, -0.2) is 84.9 Å². The minimum atomic E-state index is -4.41. The van der Waals surface area contributed by atoms with E-state index in [0.29, 0.717) is 12.2 Å². The molecule has 44 heavy (non-hydrogen) atoms. The number of amides is 1. The van der Waals surface area contributed by atoms with Gasteiger partial charge in [-0.25, -0.2) is 14.2 Å². The van der Waals surface area contributed by atoms with Gasteiger partial charge in [-0.3, -0.25) is 4.72 Å². The normalized spacial score (nSPS) is 16.1. The lowest BCUT2D eigenvalue weighted by Gasteiger charge is -2.40. The Morgan fingerprint density at radius 2 is 1.89 bits per heavy atom. The van der Waals surface area contributed by atoms with Crippen LogP contribution in [0, 0.1) is 5.82 Å². The summed E-state index contributed by atoms with van der Waals surface area (Å²) in [7, 11) is -0.503. The van der Waals surface area contributed by atoms with E-state index in [0.717, 1.165) is 11.1 Å². The van der Waals surface area contributed by atoms with Crippen molar-refractivity contribution in [3.05, 3.63) is 81.2 Å². The van der Waals surface area contributed by atoms with E-state index in [9.17, 15) is 22.7 Å². The fourth-order valence-corrected chi connectivity index (χ4v) is 6.51. The van der Waals surface area contributed by atoms with Crippen LogP contribution in [0.2, 0.25) is 10.2 Å². The molecular weight excluding hydrogens is 630 g/mol. The molecule has 236 valence electrons. The van der Waals surface area contributed by atoms with Gasteiger partial charge in [-0.05, 0) is 62.3 Å². The summed E-state index contributed by atoms with van der Waals surface area (Å²) >= 11 is 13.2. The second-order valence-electron chi connectivity index (χ2n) is 11.2. The molecule has 0 bridgehead atoms. The maximum Gasteiger partial charge on any atom is 0.407 e. The summed E-state index contributed by atoms with van der Waals surface area (Å²) < 4.78 is 48.7. The molecule has 1 aliphatic rings.